The first kappa shape index (κ1) is 14.3. The number of rotatable bonds is 4. The van der Waals surface area contributed by atoms with Crippen molar-refractivity contribution in [2.75, 3.05) is 11.9 Å². The summed E-state index contributed by atoms with van der Waals surface area (Å²) in [6, 6.07) is 11.0. The van der Waals surface area contributed by atoms with E-state index in [1.165, 1.54) is 20.9 Å². The standard InChI is InChI=1S/C17H20N2OS/c1-3-18-17(15-8-4-11(2)21-15)13-5-7-14-12(10-13)6-9-16(20)19-14/h4-5,7-8,10,17-18H,3,6,9H2,1-2H3,(H,19,20). The Hall–Kier alpha value is -1.65. The molecule has 1 aliphatic heterocycles. The van der Waals surface area contributed by atoms with Crippen LogP contribution in [-0.4, -0.2) is 12.5 Å². The van der Waals surface area contributed by atoms with Gasteiger partial charge >= 0.3 is 0 Å². The molecule has 0 saturated carbocycles. The molecule has 1 amide bonds. The Bertz CT molecular complexity index is 663. The predicted molar refractivity (Wildman–Crippen MR) is 88.0 cm³/mol. The molecular weight excluding hydrogens is 280 g/mol. The lowest BCUT2D eigenvalue weighted by Gasteiger charge is -2.22. The summed E-state index contributed by atoms with van der Waals surface area (Å²) in [6.45, 7) is 5.20. The molecule has 21 heavy (non-hydrogen) atoms. The van der Waals surface area contributed by atoms with Crippen LogP contribution in [0.3, 0.4) is 0 Å². The Morgan fingerprint density at radius 3 is 2.86 bits per heavy atom. The average molecular weight is 300 g/mol. The zero-order chi connectivity index (χ0) is 14.8. The molecule has 0 radical (unpaired) electrons. The van der Waals surface area contributed by atoms with Gasteiger partial charge in [0.15, 0.2) is 0 Å². The van der Waals surface area contributed by atoms with Crippen LogP contribution >= 0.6 is 11.3 Å². The van der Waals surface area contributed by atoms with E-state index in [0.717, 1.165) is 18.7 Å². The summed E-state index contributed by atoms with van der Waals surface area (Å²) in [4.78, 5) is 14.1. The lowest BCUT2D eigenvalue weighted by atomic mass is 9.96. The van der Waals surface area contributed by atoms with Crippen molar-refractivity contribution in [3.63, 3.8) is 0 Å². The van der Waals surface area contributed by atoms with E-state index >= 15 is 0 Å². The van der Waals surface area contributed by atoms with Crippen molar-refractivity contribution in [1.29, 1.82) is 0 Å². The van der Waals surface area contributed by atoms with Crippen molar-refractivity contribution in [1.82, 2.24) is 5.32 Å². The number of amides is 1. The molecular formula is C17H20N2OS. The first-order valence-electron chi connectivity index (χ1n) is 7.39. The minimum Gasteiger partial charge on any atom is -0.326 e. The molecule has 0 bridgehead atoms. The summed E-state index contributed by atoms with van der Waals surface area (Å²) in [5, 5.41) is 6.51. The first-order valence-corrected chi connectivity index (χ1v) is 8.21. The van der Waals surface area contributed by atoms with Gasteiger partial charge in [0.1, 0.15) is 0 Å². The number of thiophene rings is 1. The Morgan fingerprint density at radius 2 is 2.14 bits per heavy atom. The van der Waals surface area contributed by atoms with Gasteiger partial charge < -0.3 is 10.6 Å². The van der Waals surface area contributed by atoms with Gasteiger partial charge in [0.2, 0.25) is 5.91 Å². The fourth-order valence-corrected chi connectivity index (χ4v) is 3.76. The molecule has 0 aliphatic carbocycles. The van der Waals surface area contributed by atoms with E-state index in [0.29, 0.717) is 6.42 Å². The van der Waals surface area contributed by atoms with Crippen LogP contribution in [0.15, 0.2) is 30.3 Å². The molecule has 1 atom stereocenters. The maximum Gasteiger partial charge on any atom is 0.224 e. The molecule has 2 aromatic rings. The molecule has 110 valence electrons. The lowest BCUT2D eigenvalue weighted by Crippen LogP contribution is -2.23. The molecule has 4 heteroatoms. The molecule has 0 spiro atoms. The molecule has 0 saturated heterocycles. The molecule has 1 unspecified atom stereocenters. The van der Waals surface area contributed by atoms with E-state index in [4.69, 9.17) is 0 Å². The molecule has 1 aliphatic rings. The fourth-order valence-electron chi connectivity index (χ4n) is 2.78. The SMILES string of the molecule is CCNC(c1ccc2c(c1)CCC(=O)N2)c1ccc(C)s1. The summed E-state index contributed by atoms with van der Waals surface area (Å²) >= 11 is 1.84. The monoisotopic (exact) mass is 300 g/mol. The van der Waals surface area contributed by atoms with Gasteiger partial charge in [-0.2, -0.15) is 0 Å². The van der Waals surface area contributed by atoms with Crippen LogP contribution in [-0.2, 0) is 11.2 Å². The van der Waals surface area contributed by atoms with Crippen molar-refractivity contribution in [3.05, 3.63) is 51.2 Å². The minimum absolute atomic E-state index is 0.118. The molecule has 1 aromatic heterocycles. The van der Waals surface area contributed by atoms with Gasteiger partial charge in [-0.1, -0.05) is 19.1 Å². The van der Waals surface area contributed by atoms with Gasteiger partial charge in [0.25, 0.3) is 0 Å². The van der Waals surface area contributed by atoms with Crippen LogP contribution in [0.25, 0.3) is 0 Å². The van der Waals surface area contributed by atoms with Crippen LogP contribution < -0.4 is 10.6 Å². The first-order chi connectivity index (χ1) is 10.2. The second kappa shape index (κ2) is 6.00. The summed E-state index contributed by atoms with van der Waals surface area (Å²) in [5.74, 6) is 0.118. The third kappa shape index (κ3) is 3.01. The highest BCUT2D eigenvalue weighted by atomic mass is 32.1. The van der Waals surface area contributed by atoms with E-state index in [-0.39, 0.29) is 11.9 Å². The van der Waals surface area contributed by atoms with Gasteiger partial charge in [-0.25, -0.2) is 0 Å². The minimum atomic E-state index is 0.118. The zero-order valence-corrected chi connectivity index (χ0v) is 13.2. The second-order valence-corrected chi connectivity index (χ2v) is 6.72. The van der Waals surface area contributed by atoms with E-state index in [2.05, 4.69) is 48.7 Å². The average Bonchev–Trinajstić information content (AvgIpc) is 2.90. The van der Waals surface area contributed by atoms with Crippen LogP contribution in [0, 0.1) is 6.92 Å². The number of anilines is 1. The number of benzene rings is 1. The van der Waals surface area contributed by atoms with E-state index in [1.807, 2.05) is 17.4 Å². The maximum absolute atomic E-state index is 11.4. The second-order valence-electron chi connectivity index (χ2n) is 5.40. The van der Waals surface area contributed by atoms with Crippen LogP contribution in [0.4, 0.5) is 5.69 Å². The normalized spacial score (nSPS) is 15.4. The smallest absolute Gasteiger partial charge is 0.224 e. The number of hydrogen-bond acceptors (Lipinski definition) is 3. The fraction of sp³-hybridized carbons (Fsp3) is 0.353. The zero-order valence-electron chi connectivity index (χ0n) is 12.4. The third-order valence-corrected chi connectivity index (χ3v) is 4.88. The molecule has 3 nitrogen and oxygen atoms in total. The predicted octanol–water partition coefficient (Wildman–Crippen LogP) is 3.64. The van der Waals surface area contributed by atoms with Crippen molar-refractivity contribution in [2.45, 2.75) is 32.7 Å². The summed E-state index contributed by atoms with van der Waals surface area (Å²) < 4.78 is 0. The molecule has 1 aromatic carbocycles. The number of nitrogens with one attached hydrogen (secondary N) is 2. The van der Waals surface area contributed by atoms with Gasteiger partial charge in [-0.15, -0.1) is 11.3 Å². The topological polar surface area (TPSA) is 41.1 Å². The quantitative estimate of drug-likeness (QED) is 0.905. The Balaban J connectivity index is 1.94. The molecule has 2 N–H and O–H groups in total. The van der Waals surface area contributed by atoms with Gasteiger partial charge in [-0.05, 0) is 49.2 Å². The van der Waals surface area contributed by atoms with Crippen molar-refractivity contribution in [2.24, 2.45) is 0 Å². The molecule has 3 rings (SSSR count). The van der Waals surface area contributed by atoms with Crippen LogP contribution in [0.1, 0.15) is 40.3 Å². The molecule has 2 heterocycles. The summed E-state index contributed by atoms with van der Waals surface area (Å²) in [5.41, 5.74) is 3.48. The lowest BCUT2D eigenvalue weighted by molar-refractivity contribution is -0.116. The number of carbonyl (C=O) groups excluding carboxylic acids is 1. The largest absolute Gasteiger partial charge is 0.326 e. The van der Waals surface area contributed by atoms with Crippen molar-refractivity contribution in [3.8, 4) is 0 Å². The Labute approximate surface area is 129 Å². The maximum atomic E-state index is 11.4. The van der Waals surface area contributed by atoms with Crippen LogP contribution in [0.5, 0.6) is 0 Å². The van der Waals surface area contributed by atoms with Crippen molar-refractivity contribution >= 4 is 22.9 Å². The van der Waals surface area contributed by atoms with E-state index in [9.17, 15) is 4.79 Å². The van der Waals surface area contributed by atoms with Crippen molar-refractivity contribution < 1.29 is 4.79 Å². The van der Waals surface area contributed by atoms with E-state index < -0.39 is 0 Å². The van der Waals surface area contributed by atoms with Gasteiger partial charge in [-0.3, -0.25) is 4.79 Å². The number of aryl methyl sites for hydroxylation is 2. The third-order valence-electron chi connectivity index (χ3n) is 3.81. The number of hydrogen-bond donors (Lipinski definition) is 2. The highest BCUT2D eigenvalue weighted by Gasteiger charge is 2.19. The Morgan fingerprint density at radius 1 is 1.29 bits per heavy atom. The highest BCUT2D eigenvalue weighted by molar-refractivity contribution is 7.12. The van der Waals surface area contributed by atoms with Gasteiger partial charge in [0, 0.05) is 21.9 Å². The molecule has 0 fully saturated rings. The van der Waals surface area contributed by atoms with E-state index in [1.54, 1.807) is 0 Å². The summed E-state index contributed by atoms with van der Waals surface area (Å²) in [6.07, 6.45) is 1.41. The number of carbonyl (C=O) groups is 1. The van der Waals surface area contributed by atoms with Gasteiger partial charge in [0.05, 0.1) is 6.04 Å². The van der Waals surface area contributed by atoms with Crippen LogP contribution in [0.2, 0.25) is 0 Å². The number of fused-ring (bicyclic) bond motifs is 1. The Kier molecular flexibility index (Phi) is 4.08. The summed E-state index contributed by atoms with van der Waals surface area (Å²) in [7, 11) is 0. The highest BCUT2D eigenvalue weighted by Crippen LogP contribution is 2.32.